The lowest BCUT2D eigenvalue weighted by Crippen LogP contribution is -2.20. The van der Waals surface area contributed by atoms with Crippen molar-refractivity contribution in [3.63, 3.8) is 0 Å². The number of amides is 1. The number of benzene rings is 1. The molecular formula is C11H16N2O4S. The van der Waals surface area contributed by atoms with Crippen LogP contribution in [0.5, 0.6) is 5.75 Å². The van der Waals surface area contributed by atoms with Crippen LogP contribution in [-0.2, 0) is 14.8 Å². The first-order valence-corrected chi connectivity index (χ1v) is 7.10. The van der Waals surface area contributed by atoms with Crippen molar-refractivity contribution in [3.8, 4) is 5.75 Å². The molecule has 0 bridgehead atoms. The predicted molar refractivity (Wildman–Crippen MR) is 68.8 cm³/mol. The summed E-state index contributed by atoms with van der Waals surface area (Å²) in [4.78, 5) is 10.5. The third kappa shape index (κ3) is 5.05. The summed E-state index contributed by atoms with van der Waals surface area (Å²) in [6.45, 7) is 1.58. The number of anilines is 1. The Balaban J connectivity index is 2.63. The van der Waals surface area contributed by atoms with E-state index in [4.69, 9.17) is 10.5 Å². The van der Waals surface area contributed by atoms with E-state index in [1.54, 1.807) is 31.2 Å². The summed E-state index contributed by atoms with van der Waals surface area (Å²) in [5.41, 5.74) is 5.38. The summed E-state index contributed by atoms with van der Waals surface area (Å²) in [7, 11) is -3.29. The Hall–Kier alpha value is -1.76. The highest BCUT2D eigenvalue weighted by molar-refractivity contribution is 7.92. The average Bonchev–Trinajstić information content (AvgIpc) is 2.27. The molecule has 0 aromatic heterocycles. The van der Waals surface area contributed by atoms with Crippen molar-refractivity contribution in [3.05, 3.63) is 24.3 Å². The van der Waals surface area contributed by atoms with Crippen LogP contribution in [0.25, 0.3) is 0 Å². The van der Waals surface area contributed by atoms with Gasteiger partial charge in [0.2, 0.25) is 10.0 Å². The van der Waals surface area contributed by atoms with Gasteiger partial charge in [-0.05, 0) is 30.7 Å². The van der Waals surface area contributed by atoms with Gasteiger partial charge in [0.25, 0.3) is 5.91 Å². The zero-order valence-corrected chi connectivity index (χ0v) is 10.9. The SMILES string of the molecule is CCCS(=O)(=O)Nc1ccc(OCC(N)=O)cc1. The average molecular weight is 272 g/mol. The smallest absolute Gasteiger partial charge is 0.255 e. The molecule has 1 aromatic rings. The van der Waals surface area contributed by atoms with Crippen LogP contribution in [0.1, 0.15) is 13.3 Å². The molecule has 18 heavy (non-hydrogen) atoms. The van der Waals surface area contributed by atoms with Crippen molar-refractivity contribution in [2.75, 3.05) is 17.1 Å². The van der Waals surface area contributed by atoms with Gasteiger partial charge in [-0.2, -0.15) is 0 Å². The monoisotopic (exact) mass is 272 g/mol. The molecule has 3 N–H and O–H groups in total. The van der Waals surface area contributed by atoms with Crippen LogP contribution in [0.2, 0.25) is 0 Å². The number of hydrogen-bond acceptors (Lipinski definition) is 4. The van der Waals surface area contributed by atoms with Crippen molar-refractivity contribution in [2.45, 2.75) is 13.3 Å². The number of sulfonamides is 1. The molecule has 0 aliphatic carbocycles. The van der Waals surface area contributed by atoms with Crippen LogP contribution < -0.4 is 15.2 Å². The first kappa shape index (κ1) is 14.3. The van der Waals surface area contributed by atoms with Crippen molar-refractivity contribution in [1.82, 2.24) is 0 Å². The van der Waals surface area contributed by atoms with Crippen LogP contribution in [0.15, 0.2) is 24.3 Å². The van der Waals surface area contributed by atoms with Crippen molar-refractivity contribution < 1.29 is 17.9 Å². The van der Waals surface area contributed by atoms with Gasteiger partial charge in [-0.1, -0.05) is 6.92 Å². The molecule has 0 heterocycles. The van der Waals surface area contributed by atoms with Crippen LogP contribution >= 0.6 is 0 Å². The summed E-state index contributed by atoms with van der Waals surface area (Å²) in [5, 5.41) is 0. The number of nitrogens with one attached hydrogen (secondary N) is 1. The van der Waals surface area contributed by atoms with Gasteiger partial charge in [0.15, 0.2) is 6.61 Å². The van der Waals surface area contributed by atoms with Crippen LogP contribution in [0.3, 0.4) is 0 Å². The highest BCUT2D eigenvalue weighted by Gasteiger charge is 2.08. The molecular weight excluding hydrogens is 256 g/mol. The molecule has 0 aliphatic heterocycles. The van der Waals surface area contributed by atoms with Gasteiger partial charge < -0.3 is 10.5 Å². The third-order valence-corrected chi connectivity index (χ3v) is 3.47. The number of ether oxygens (including phenoxy) is 1. The summed E-state index contributed by atoms with van der Waals surface area (Å²) >= 11 is 0. The number of nitrogens with two attached hydrogens (primary N) is 1. The quantitative estimate of drug-likeness (QED) is 0.763. The zero-order valence-electron chi connectivity index (χ0n) is 10.0. The summed E-state index contributed by atoms with van der Waals surface area (Å²) < 4.78 is 30.5. The predicted octanol–water partition coefficient (Wildman–Crippen LogP) is 0.702. The van der Waals surface area contributed by atoms with Gasteiger partial charge in [0, 0.05) is 5.69 Å². The fourth-order valence-corrected chi connectivity index (χ4v) is 2.41. The maximum Gasteiger partial charge on any atom is 0.255 e. The van der Waals surface area contributed by atoms with Crippen LogP contribution in [0, 0.1) is 0 Å². The zero-order chi connectivity index (χ0) is 13.6. The second kappa shape index (κ2) is 6.25. The Morgan fingerprint density at radius 1 is 1.33 bits per heavy atom. The molecule has 0 saturated heterocycles. The van der Waals surface area contributed by atoms with Gasteiger partial charge in [-0.25, -0.2) is 8.42 Å². The lowest BCUT2D eigenvalue weighted by Gasteiger charge is -2.08. The summed E-state index contributed by atoms with van der Waals surface area (Å²) in [6.07, 6.45) is 0.551. The van der Waals surface area contributed by atoms with E-state index in [1.165, 1.54) is 0 Å². The number of primary amides is 1. The number of rotatable bonds is 7. The van der Waals surface area contributed by atoms with Gasteiger partial charge in [-0.15, -0.1) is 0 Å². The number of hydrogen-bond donors (Lipinski definition) is 2. The van der Waals surface area contributed by atoms with E-state index in [9.17, 15) is 13.2 Å². The molecule has 0 saturated carbocycles. The molecule has 0 spiro atoms. The molecule has 1 rings (SSSR count). The normalized spacial score (nSPS) is 10.9. The van der Waals surface area contributed by atoms with E-state index in [2.05, 4.69) is 4.72 Å². The van der Waals surface area contributed by atoms with E-state index < -0.39 is 15.9 Å². The van der Waals surface area contributed by atoms with E-state index in [1.807, 2.05) is 0 Å². The minimum Gasteiger partial charge on any atom is -0.484 e. The van der Waals surface area contributed by atoms with Crippen molar-refractivity contribution in [1.29, 1.82) is 0 Å². The summed E-state index contributed by atoms with van der Waals surface area (Å²) in [5.74, 6) is -0.0395. The third-order valence-electron chi connectivity index (χ3n) is 1.98. The lowest BCUT2D eigenvalue weighted by atomic mass is 10.3. The molecule has 100 valence electrons. The molecule has 1 aromatic carbocycles. The summed E-state index contributed by atoms with van der Waals surface area (Å²) in [6, 6.07) is 6.24. The largest absolute Gasteiger partial charge is 0.484 e. The van der Waals surface area contributed by atoms with Crippen molar-refractivity contribution in [2.24, 2.45) is 5.73 Å². The van der Waals surface area contributed by atoms with E-state index in [-0.39, 0.29) is 12.4 Å². The highest BCUT2D eigenvalue weighted by atomic mass is 32.2. The Kier molecular flexibility index (Phi) is 4.96. The van der Waals surface area contributed by atoms with Gasteiger partial charge in [-0.3, -0.25) is 9.52 Å². The topological polar surface area (TPSA) is 98.5 Å². The second-order valence-corrected chi connectivity index (χ2v) is 5.54. The minimum absolute atomic E-state index is 0.0763. The van der Waals surface area contributed by atoms with E-state index >= 15 is 0 Å². The first-order chi connectivity index (χ1) is 8.43. The molecule has 6 nitrogen and oxygen atoms in total. The van der Waals surface area contributed by atoms with Crippen LogP contribution in [-0.4, -0.2) is 26.7 Å². The minimum atomic E-state index is -3.29. The molecule has 7 heteroatoms. The Morgan fingerprint density at radius 2 is 1.94 bits per heavy atom. The Bertz CT molecular complexity index is 496. The lowest BCUT2D eigenvalue weighted by molar-refractivity contribution is -0.119. The van der Waals surface area contributed by atoms with Crippen LogP contribution in [0.4, 0.5) is 5.69 Å². The maximum atomic E-state index is 11.5. The fourth-order valence-electron chi connectivity index (χ4n) is 1.27. The maximum absolute atomic E-state index is 11.5. The molecule has 0 atom stereocenters. The second-order valence-electron chi connectivity index (χ2n) is 3.70. The van der Waals surface area contributed by atoms with Gasteiger partial charge in [0.05, 0.1) is 5.75 Å². The van der Waals surface area contributed by atoms with E-state index in [0.717, 1.165) is 0 Å². The fraction of sp³-hybridized carbons (Fsp3) is 0.364. The van der Waals surface area contributed by atoms with Gasteiger partial charge in [0.1, 0.15) is 5.75 Å². The Morgan fingerprint density at radius 3 is 2.44 bits per heavy atom. The molecule has 0 unspecified atom stereocenters. The Labute approximate surface area is 106 Å². The molecule has 0 fully saturated rings. The molecule has 1 amide bonds. The van der Waals surface area contributed by atoms with Gasteiger partial charge >= 0.3 is 0 Å². The standard InChI is InChI=1S/C11H16N2O4S/c1-2-7-18(15,16)13-9-3-5-10(6-4-9)17-8-11(12)14/h3-6,13H,2,7-8H2,1H3,(H2,12,14). The van der Waals surface area contributed by atoms with E-state index in [0.29, 0.717) is 17.9 Å². The number of carbonyl (C=O) groups excluding carboxylic acids is 1. The van der Waals surface area contributed by atoms with Crippen molar-refractivity contribution >= 4 is 21.6 Å². The number of carbonyl (C=O) groups is 1. The highest BCUT2D eigenvalue weighted by Crippen LogP contribution is 2.16. The molecule has 0 aliphatic rings. The first-order valence-electron chi connectivity index (χ1n) is 5.44. The molecule has 0 radical (unpaired) electrons.